The van der Waals surface area contributed by atoms with E-state index in [0.717, 1.165) is 23.3 Å². The molecule has 8 nitrogen and oxygen atoms in total. The standard InChI is InChI=1S/C27H28N2O6/c1-27(2)15-22-19-13-25(35-11-7-10-34-17-8-5-4-6-9-17)24(33-3)12-18(19)21-14-23(30)20(26(31)32)16-28(21)29(22)27/h4-6,8-9,12-14,16,22H,7,10-11,15H2,1-3H3,(H,31,32). The maximum Gasteiger partial charge on any atom is 0.341 e. The molecule has 5 rings (SSSR count). The van der Waals surface area contributed by atoms with E-state index in [9.17, 15) is 14.7 Å². The number of rotatable bonds is 8. The van der Waals surface area contributed by atoms with E-state index in [2.05, 4.69) is 18.9 Å². The first-order chi connectivity index (χ1) is 16.8. The van der Waals surface area contributed by atoms with E-state index >= 15 is 0 Å². The van der Waals surface area contributed by atoms with Crippen molar-refractivity contribution < 1.29 is 24.1 Å². The molecule has 35 heavy (non-hydrogen) atoms. The van der Waals surface area contributed by atoms with Gasteiger partial charge in [0.25, 0.3) is 0 Å². The van der Waals surface area contributed by atoms with Gasteiger partial charge in [0.1, 0.15) is 11.3 Å². The normalized spacial score (nSPS) is 16.9. The Balaban J connectivity index is 1.43. The van der Waals surface area contributed by atoms with Crippen molar-refractivity contribution in [2.24, 2.45) is 0 Å². The minimum atomic E-state index is -1.23. The lowest BCUT2D eigenvalue weighted by Gasteiger charge is -2.60. The van der Waals surface area contributed by atoms with Gasteiger partial charge in [-0.1, -0.05) is 18.2 Å². The molecule has 0 spiro atoms. The molecule has 3 aromatic rings. The zero-order chi connectivity index (χ0) is 24.7. The summed E-state index contributed by atoms with van der Waals surface area (Å²) in [5.74, 6) is 0.782. The summed E-state index contributed by atoms with van der Waals surface area (Å²) in [7, 11) is 1.58. The molecule has 2 aliphatic heterocycles. The quantitative estimate of drug-likeness (QED) is 0.486. The van der Waals surface area contributed by atoms with Crippen LogP contribution >= 0.6 is 0 Å². The maximum atomic E-state index is 12.6. The average Bonchev–Trinajstić information content (AvgIpc) is 2.83. The second kappa shape index (κ2) is 8.69. The number of ether oxygens (including phenoxy) is 3. The number of aromatic carboxylic acids is 1. The molecule has 2 aromatic carbocycles. The highest BCUT2D eigenvalue weighted by molar-refractivity contribution is 5.88. The Labute approximate surface area is 203 Å². The van der Waals surface area contributed by atoms with Crippen molar-refractivity contribution in [3.05, 3.63) is 76.1 Å². The van der Waals surface area contributed by atoms with Crippen molar-refractivity contribution in [3.63, 3.8) is 0 Å². The van der Waals surface area contributed by atoms with E-state index in [1.165, 1.54) is 12.3 Å². The van der Waals surface area contributed by atoms with Gasteiger partial charge in [-0.25, -0.2) is 4.79 Å². The maximum absolute atomic E-state index is 12.6. The summed E-state index contributed by atoms with van der Waals surface area (Å²) < 4.78 is 19.2. The van der Waals surface area contributed by atoms with Crippen molar-refractivity contribution in [1.82, 2.24) is 4.68 Å². The monoisotopic (exact) mass is 476 g/mol. The topological polar surface area (TPSA) is 90.2 Å². The molecule has 1 N–H and O–H groups in total. The molecule has 8 heteroatoms. The van der Waals surface area contributed by atoms with Crippen LogP contribution in [0.25, 0.3) is 11.3 Å². The number of benzene rings is 2. The molecular weight excluding hydrogens is 448 g/mol. The lowest BCUT2D eigenvalue weighted by Crippen LogP contribution is -2.65. The number of carboxylic acids is 1. The van der Waals surface area contributed by atoms with E-state index in [1.807, 2.05) is 47.1 Å². The predicted molar refractivity (Wildman–Crippen MR) is 131 cm³/mol. The Morgan fingerprint density at radius 3 is 2.51 bits per heavy atom. The van der Waals surface area contributed by atoms with Crippen LogP contribution in [0.2, 0.25) is 0 Å². The van der Waals surface area contributed by atoms with Crippen LogP contribution in [0.3, 0.4) is 0 Å². The summed E-state index contributed by atoms with van der Waals surface area (Å²) >= 11 is 0. The van der Waals surface area contributed by atoms with Crippen LogP contribution in [0.5, 0.6) is 17.2 Å². The van der Waals surface area contributed by atoms with Gasteiger partial charge in [0.2, 0.25) is 0 Å². The minimum Gasteiger partial charge on any atom is -0.493 e. The van der Waals surface area contributed by atoms with Crippen molar-refractivity contribution in [3.8, 4) is 28.5 Å². The summed E-state index contributed by atoms with van der Waals surface area (Å²) in [5.41, 5.74) is 1.54. The van der Waals surface area contributed by atoms with Crippen molar-refractivity contribution in [2.45, 2.75) is 38.3 Å². The third-order valence-electron chi connectivity index (χ3n) is 6.63. The Bertz CT molecular complexity index is 1330. The van der Waals surface area contributed by atoms with Crippen LogP contribution in [0, 0.1) is 0 Å². The molecule has 1 fully saturated rings. The average molecular weight is 477 g/mol. The molecule has 0 radical (unpaired) electrons. The van der Waals surface area contributed by atoms with Crippen LogP contribution in [-0.4, -0.2) is 41.6 Å². The second-order valence-corrected chi connectivity index (χ2v) is 9.42. The number of carboxylic acid groups (broad SMARTS) is 1. The van der Waals surface area contributed by atoms with E-state index in [1.54, 1.807) is 7.11 Å². The van der Waals surface area contributed by atoms with Crippen molar-refractivity contribution in [1.29, 1.82) is 0 Å². The summed E-state index contributed by atoms with van der Waals surface area (Å²) in [4.78, 5) is 24.2. The molecule has 0 bridgehead atoms. The number of hydrogen-bond donors (Lipinski definition) is 1. The molecular formula is C27H28N2O6. The first-order valence-corrected chi connectivity index (χ1v) is 11.6. The summed E-state index contributed by atoms with van der Waals surface area (Å²) in [5, 5.41) is 11.6. The first-order valence-electron chi connectivity index (χ1n) is 11.6. The van der Waals surface area contributed by atoms with E-state index < -0.39 is 11.4 Å². The van der Waals surface area contributed by atoms with E-state index in [-0.39, 0.29) is 17.1 Å². The lowest BCUT2D eigenvalue weighted by atomic mass is 9.76. The lowest BCUT2D eigenvalue weighted by molar-refractivity contribution is 0.0693. The molecule has 1 atom stereocenters. The number of pyridine rings is 1. The zero-order valence-electron chi connectivity index (χ0n) is 20.0. The van der Waals surface area contributed by atoms with Crippen LogP contribution in [0.1, 0.15) is 48.7 Å². The number of carbonyl (C=O) groups is 1. The number of aromatic nitrogens is 1. The summed E-state index contributed by atoms with van der Waals surface area (Å²) in [6.07, 6.45) is 3.01. The van der Waals surface area contributed by atoms with Gasteiger partial charge < -0.3 is 19.3 Å². The van der Waals surface area contributed by atoms with Gasteiger partial charge in [0, 0.05) is 24.2 Å². The van der Waals surface area contributed by atoms with E-state index in [4.69, 9.17) is 14.2 Å². The summed E-state index contributed by atoms with van der Waals surface area (Å²) in [6, 6.07) is 14.9. The number of nitrogens with zero attached hydrogens (tertiary/aromatic N) is 2. The van der Waals surface area contributed by atoms with Crippen LogP contribution < -0.4 is 24.6 Å². The Morgan fingerprint density at radius 2 is 1.83 bits per heavy atom. The third kappa shape index (κ3) is 3.99. The van der Waals surface area contributed by atoms with Gasteiger partial charge in [-0.15, -0.1) is 0 Å². The highest BCUT2D eigenvalue weighted by Crippen LogP contribution is 2.53. The number of hydrogen-bond acceptors (Lipinski definition) is 6. The Morgan fingerprint density at radius 1 is 1.09 bits per heavy atom. The second-order valence-electron chi connectivity index (χ2n) is 9.42. The minimum absolute atomic E-state index is 0.0336. The van der Waals surface area contributed by atoms with Crippen molar-refractivity contribution >= 4 is 5.97 Å². The third-order valence-corrected chi connectivity index (χ3v) is 6.63. The SMILES string of the molecule is COc1cc2c(cc1OCCCOc1ccccc1)C1CC(C)(C)N1n1cc(C(=O)O)c(=O)cc1-2. The van der Waals surface area contributed by atoms with Gasteiger partial charge in [-0.05, 0) is 50.1 Å². The van der Waals surface area contributed by atoms with Gasteiger partial charge in [-0.3, -0.25) is 14.5 Å². The fraction of sp³-hybridized carbons (Fsp3) is 0.333. The fourth-order valence-electron chi connectivity index (χ4n) is 5.00. The molecule has 1 unspecified atom stereocenters. The molecule has 182 valence electrons. The summed E-state index contributed by atoms with van der Waals surface area (Å²) in [6.45, 7) is 5.19. The number of para-hydroxylation sites is 1. The molecule has 0 aliphatic carbocycles. The Hall–Kier alpha value is -3.94. The molecule has 1 aromatic heterocycles. The molecule has 0 saturated carbocycles. The smallest absolute Gasteiger partial charge is 0.341 e. The largest absolute Gasteiger partial charge is 0.493 e. The highest BCUT2D eigenvalue weighted by Gasteiger charge is 2.50. The number of fused-ring (bicyclic) bond motifs is 6. The van der Waals surface area contributed by atoms with E-state index in [0.29, 0.717) is 36.8 Å². The molecule has 2 aliphatic rings. The molecule has 3 heterocycles. The predicted octanol–water partition coefficient (Wildman–Crippen LogP) is 4.25. The van der Waals surface area contributed by atoms with Crippen LogP contribution in [0.15, 0.2) is 59.5 Å². The zero-order valence-corrected chi connectivity index (χ0v) is 20.0. The van der Waals surface area contributed by atoms with Crippen LogP contribution in [0.4, 0.5) is 0 Å². The van der Waals surface area contributed by atoms with Crippen molar-refractivity contribution in [2.75, 3.05) is 25.3 Å². The van der Waals surface area contributed by atoms with Gasteiger partial charge in [-0.2, -0.15) is 0 Å². The fourth-order valence-corrected chi connectivity index (χ4v) is 5.00. The van der Waals surface area contributed by atoms with Gasteiger partial charge in [0.05, 0.1) is 37.6 Å². The highest BCUT2D eigenvalue weighted by atomic mass is 16.5. The molecule has 1 saturated heterocycles. The first kappa shape index (κ1) is 22.8. The van der Waals surface area contributed by atoms with Gasteiger partial charge >= 0.3 is 5.97 Å². The Kier molecular flexibility index (Phi) is 5.67. The molecule has 0 amide bonds. The van der Waals surface area contributed by atoms with Gasteiger partial charge in [0.15, 0.2) is 16.9 Å². The number of methoxy groups -OCH3 is 1. The van der Waals surface area contributed by atoms with Crippen LogP contribution in [-0.2, 0) is 0 Å².